The fourth-order valence-electron chi connectivity index (χ4n) is 3.30. The van der Waals surface area contributed by atoms with Gasteiger partial charge in [0.15, 0.2) is 17.5 Å². The second-order valence-corrected chi connectivity index (χ2v) is 6.52. The van der Waals surface area contributed by atoms with Crippen LogP contribution in [-0.2, 0) is 6.54 Å². The molecule has 1 aromatic heterocycles. The summed E-state index contributed by atoms with van der Waals surface area (Å²) in [5.74, 6) is 3.31. The van der Waals surface area contributed by atoms with Crippen LogP contribution < -0.4 is 20.1 Å². The average molecular weight is 514 g/mol. The van der Waals surface area contributed by atoms with E-state index in [0.29, 0.717) is 13.1 Å². The van der Waals surface area contributed by atoms with Crippen molar-refractivity contribution in [3.05, 3.63) is 47.9 Å². The molecule has 3 rings (SSSR count). The number of benzene rings is 1. The van der Waals surface area contributed by atoms with Gasteiger partial charge in [0, 0.05) is 13.1 Å². The minimum absolute atomic E-state index is 0. The second-order valence-electron chi connectivity index (χ2n) is 6.52. The van der Waals surface area contributed by atoms with Gasteiger partial charge in [-0.05, 0) is 49.8 Å². The van der Waals surface area contributed by atoms with E-state index in [-0.39, 0.29) is 36.8 Å². The molecule has 0 amide bonds. The Labute approximate surface area is 189 Å². The van der Waals surface area contributed by atoms with Gasteiger partial charge in [-0.1, -0.05) is 19.9 Å². The molecule has 1 aromatic carbocycles. The molecule has 0 saturated heterocycles. The van der Waals surface area contributed by atoms with E-state index in [0.717, 1.165) is 48.4 Å². The van der Waals surface area contributed by atoms with E-state index in [1.165, 1.54) is 0 Å². The first-order chi connectivity index (χ1) is 13.7. The molecular formula is C21H31IN4O3. The number of ether oxygens (including phenoxy) is 2. The lowest BCUT2D eigenvalue weighted by Crippen LogP contribution is -2.43. The van der Waals surface area contributed by atoms with Gasteiger partial charge in [-0.3, -0.25) is 4.90 Å². The van der Waals surface area contributed by atoms with Crippen LogP contribution in [0.3, 0.4) is 0 Å². The lowest BCUT2D eigenvalue weighted by molar-refractivity contribution is 0.174. The number of rotatable bonds is 9. The number of nitrogens with zero attached hydrogens (tertiary/aromatic N) is 2. The summed E-state index contributed by atoms with van der Waals surface area (Å²) in [6.07, 6.45) is 1.73. The third-order valence-electron chi connectivity index (χ3n) is 4.79. The fourth-order valence-corrected chi connectivity index (χ4v) is 3.30. The number of hydrogen-bond acceptors (Lipinski definition) is 5. The Balaban J connectivity index is 0.00000300. The average Bonchev–Trinajstić information content (AvgIpc) is 3.40. The Hall–Kier alpha value is -1.94. The molecule has 0 bridgehead atoms. The lowest BCUT2D eigenvalue weighted by Gasteiger charge is -2.28. The number of furan rings is 1. The molecule has 0 spiro atoms. The Morgan fingerprint density at radius 1 is 1.10 bits per heavy atom. The number of aliphatic imine (C=N–C) groups is 1. The molecule has 1 aliphatic heterocycles. The highest BCUT2D eigenvalue weighted by molar-refractivity contribution is 14.0. The van der Waals surface area contributed by atoms with Crippen molar-refractivity contribution in [2.75, 3.05) is 33.0 Å². The van der Waals surface area contributed by atoms with Crippen LogP contribution in [0.5, 0.6) is 11.5 Å². The Kier molecular flexibility index (Phi) is 9.59. The first-order valence-corrected chi connectivity index (χ1v) is 9.93. The summed E-state index contributed by atoms with van der Waals surface area (Å²) in [7, 11) is 0. The molecule has 1 unspecified atom stereocenters. The van der Waals surface area contributed by atoms with Gasteiger partial charge in [0.05, 0.1) is 18.8 Å². The number of nitrogens with one attached hydrogen (secondary N) is 2. The highest BCUT2D eigenvalue weighted by Gasteiger charge is 2.21. The van der Waals surface area contributed by atoms with Gasteiger partial charge in [0.2, 0.25) is 6.79 Å². The number of fused-ring (bicyclic) bond motifs is 1. The maximum atomic E-state index is 5.68. The molecule has 1 aliphatic rings. The van der Waals surface area contributed by atoms with Crippen molar-refractivity contribution in [1.29, 1.82) is 0 Å². The van der Waals surface area contributed by atoms with Gasteiger partial charge < -0.3 is 24.5 Å². The van der Waals surface area contributed by atoms with E-state index < -0.39 is 0 Å². The summed E-state index contributed by atoms with van der Waals surface area (Å²) in [5, 5.41) is 6.78. The highest BCUT2D eigenvalue weighted by atomic mass is 127. The van der Waals surface area contributed by atoms with Crippen LogP contribution in [-0.4, -0.2) is 43.8 Å². The molecule has 0 radical (unpaired) electrons. The van der Waals surface area contributed by atoms with Crippen molar-refractivity contribution >= 4 is 29.9 Å². The third-order valence-corrected chi connectivity index (χ3v) is 4.79. The van der Waals surface area contributed by atoms with Gasteiger partial charge in [0.1, 0.15) is 5.76 Å². The normalized spacial score (nSPS) is 13.9. The minimum atomic E-state index is 0. The zero-order valence-electron chi connectivity index (χ0n) is 17.3. The minimum Gasteiger partial charge on any atom is -0.468 e. The van der Waals surface area contributed by atoms with E-state index >= 15 is 0 Å². The van der Waals surface area contributed by atoms with Crippen LogP contribution in [0.4, 0.5) is 0 Å². The SMILES string of the molecule is CCNC(=NCc1ccc2c(c1)OCO2)NCC(c1ccco1)N(CC)CC.I. The van der Waals surface area contributed by atoms with Gasteiger partial charge in [-0.2, -0.15) is 0 Å². The van der Waals surface area contributed by atoms with Crippen LogP contribution in [0.2, 0.25) is 0 Å². The lowest BCUT2D eigenvalue weighted by atomic mass is 10.2. The van der Waals surface area contributed by atoms with E-state index in [4.69, 9.17) is 18.9 Å². The largest absolute Gasteiger partial charge is 0.468 e. The van der Waals surface area contributed by atoms with Crippen LogP contribution in [0.25, 0.3) is 0 Å². The van der Waals surface area contributed by atoms with Crippen LogP contribution in [0.15, 0.2) is 46.0 Å². The molecule has 0 saturated carbocycles. The van der Waals surface area contributed by atoms with E-state index in [2.05, 4.69) is 36.3 Å². The van der Waals surface area contributed by atoms with Crippen molar-refractivity contribution in [3.8, 4) is 11.5 Å². The summed E-state index contributed by atoms with van der Waals surface area (Å²) < 4.78 is 16.5. The van der Waals surface area contributed by atoms with Crippen LogP contribution in [0, 0.1) is 0 Å². The molecule has 0 fully saturated rings. The Morgan fingerprint density at radius 3 is 2.59 bits per heavy atom. The number of halogens is 1. The molecule has 8 heteroatoms. The van der Waals surface area contributed by atoms with Crippen molar-refractivity contribution in [2.45, 2.75) is 33.4 Å². The molecule has 0 aliphatic carbocycles. The van der Waals surface area contributed by atoms with Crippen LogP contribution >= 0.6 is 24.0 Å². The Morgan fingerprint density at radius 2 is 1.90 bits per heavy atom. The van der Waals surface area contributed by atoms with Crippen molar-refractivity contribution < 1.29 is 13.9 Å². The van der Waals surface area contributed by atoms with Crippen molar-refractivity contribution in [2.24, 2.45) is 4.99 Å². The van der Waals surface area contributed by atoms with Crippen molar-refractivity contribution in [3.63, 3.8) is 0 Å². The second kappa shape index (κ2) is 11.9. The summed E-state index contributed by atoms with van der Waals surface area (Å²) in [6, 6.07) is 10.0. The van der Waals surface area contributed by atoms with E-state index in [9.17, 15) is 0 Å². The molecule has 29 heavy (non-hydrogen) atoms. The molecule has 2 aromatic rings. The first-order valence-electron chi connectivity index (χ1n) is 9.93. The molecule has 2 heterocycles. The van der Waals surface area contributed by atoms with Gasteiger partial charge in [-0.15, -0.1) is 24.0 Å². The first kappa shape index (κ1) is 23.3. The predicted molar refractivity (Wildman–Crippen MR) is 125 cm³/mol. The van der Waals surface area contributed by atoms with E-state index in [1.54, 1.807) is 6.26 Å². The maximum Gasteiger partial charge on any atom is 0.231 e. The van der Waals surface area contributed by atoms with E-state index in [1.807, 2.05) is 30.3 Å². The van der Waals surface area contributed by atoms with Gasteiger partial charge in [0.25, 0.3) is 0 Å². The number of hydrogen-bond donors (Lipinski definition) is 2. The fraction of sp³-hybridized carbons (Fsp3) is 0.476. The quantitative estimate of drug-likeness (QED) is 0.302. The molecule has 160 valence electrons. The summed E-state index contributed by atoms with van der Waals surface area (Å²) in [4.78, 5) is 7.09. The molecule has 2 N–H and O–H groups in total. The zero-order valence-corrected chi connectivity index (χ0v) is 19.6. The Bertz CT molecular complexity index is 763. The van der Waals surface area contributed by atoms with Crippen molar-refractivity contribution in [1.82, 2.24) is 15.5 Å². The summed E-state index contributed by atoms with van der Waals surface area (Å²) in [6.45, 7) is 10.6. The predicted octanol–water partition coefficient (Wildman–Crippen LogP) is 3.76. The monoisotopic (exact) mass is 514 g/mol. The topological polar surface area (TPSA) is 71.3 Å². The molecular weight excluding hydrogens is 483 g/mol. The third kappa shape index (κ3) is 6.27. The molecule has 1 atom stereocenters. The zero-order chi connectivity index (χ0) is 19.8. The van der Waals surface area contributed by atoms with Gasteiger partial charge >= 0.3 is 0 Å². The summed E-state index contributed by atoms with van der Waals surface area (Å²) in [5.41, 5.74) is 1.08. The molecule has 7 nitrogen and oxygen atoms in total. The standard InChI is InChI=1S/C21H30N4O3.HI/c1-4-22-21(23-13-16-9-10-19-20(12-16)28-15-27-19)24-14-17(25(5-2)6-3)18-8-7-11-26-18;/h7-12,17H,4-6,13-15H2,1-3H3,(H2,22,23,24);1H. The van der Waals surface area contributed by atoms with Gasteiger partial charge in [-0.25, -0.2) is 4.99 Å². The highest BCUT2D eigenvalue weighted by Crippen LogP contribution is 2.32. The van der Waals surface area contributed by atoms with Crippen LogP contribution in [0.1, 0.15) is 38.1 Å². The smallest absolute Gasteiger partial charge is 0.231 e. The number of likely N-dealkylation sites (N-methyl/N-ethyl adjacent to an activating group) is 1. The maximum absolute atomic E-state index is 5.68. The number of guanidine groups is 1. The summed E-state index contributed by atoms with van der Waals surface area (Å²) >= 11 is 0.